The molecule has 1 spiro atoms. The minimum atomic E-state index is -0.893. The zero-order valence-electron chi connectivity index (χ0n) is 10.5. The van der Waals surface area contributed by atoms with Crippen molar-refractivity contribution in [1.82, 2.24) is 10.2 Å². The van der Waals surface area contributed by atoms with Gasteiger partial charge < -0.3 is 15.3 Å². The Hall–Kier alpha value is -1.10. The van der Waals surface area contributed by atoms with Gasteiger partial charge in [0, 0.05) is 12.0 Å². The fourth-order valence-electron chi connectivity index (χ4n) is 3.29. The molecule has 0 bridgehead atoms. The summed E-state index contributed by atoms with van der Waals surface area (Å²) in [6.07, 6.45) is 5.04. The summed E-state index contributed by atoms with van der Waals surface area (Å²) < 4.78 is 0. The van der Waals surface area contributed by atoms with Crippen molar-refractivity contribution in [2.24, 2.45) is 11.3 Å². The lowest BCUT2D eigenvalue weighted by Crippen LogP contribution is -2.40. The van der Waals surface area contributed by atoms with Crippen molar-refractivity contribution in [3.05, 3.63) is 0 Å². The molecule has 3 fully saturated rings. The second-order valence-electron chi connectivity index (χ2n) is 5.96. The molecule has 1 amide bonds. The summed E-state index contributed by atoms with van der Waals surface area (Å²) in [6.45, 7) is 1.87. The van der Waals surface area contributed by atoms with E-state index in [4.69, 9.17) is 5.11 Å². The number of piperidine rings is 1. The molecule has 18 heavy (non-hydrogen) atoms. The third kappa shape index (κ3) is 2.11. The third-order valence-corrected chi connectivity index (χ3v) is 4.66. The number of rotatable bonds is 4. The molecular weight excluding hydrogens is 232 g/mol. The molecule has 0 radical (unpaired) electrons. The van der Waals surface area contributed by atoms with E-state index in [1.54, 1.807) is 4.90 Å². The monoisotopic (exact) mass is 252 g/mol. The first-order valence-electron chi connectivity index (χ1n) is 6.85. The standard InChI is InChI=1S/C13H20N2O3/c16-11(17)8-15(9-1-2-9)12(18)10-7-13(10)3-5-14-6-4-13/h9-10,14H,1-8H2,(H,16,17). The second-order valence-corrected chi connectivity index (χ2v) is 5.96. The number of carboxylic acids is 1. The van der Waals surface area contributed by atoms with Crippen LogP contribution >= 0.6 is 0 Å². The molecular formula is C13H20N2O3. The molecule has 0 aromatic heterocycles. The van der Waals surface area contributed by atoms with Gasteiger partial charge in [-0.1, -0.05) is 0 Å². The van der Waals surface area contributed by atoms with E-state index in [1.165, 1.54) is 0 Å². The van der Waals surface area contributed by atoms with Crippen molar-refractivity contribution in [3.8, 4) is 0 Å². The number of carbonyl (C=O) groups excluding carboxylic acids is 1. The minimum absolute atomic E-state index is 0.0968. The van der Waals surface area contributed by atoms with Crippen molar-refractivity contribution in [2.75, 3.05) is 19.6 Å². The average Bonchev–Trinajstić information content (AvgIpc) is 3.23. The molecule has 1 atom stereocenters. The van der Waals surface area contributed by atoms with Crippen molar-refractivity contribution < 1.29 is 14.7 Å². The van der Waals surface area contributed by atoms with E-state index in [1.807, 2.05) is 0 Å². The van der Waals surface area contributed by atoms with Crippen molar-refractivity contribution in [2.45, 2.75) is 38.1 Å². The van der Waals surface area contributed by atoms with Gasteiger partial charge in [-0.15, -0.1) is 0 Å². The predicted molar refractivity (Wildman–Crippen MR) is 65.0 cm³/mol. The Labute approximate surface area is 107 Å². The molecule has 5 heteroatoms. The van der Waals surface area contributed by atoms with Gasteiger partial charge >= 0.3 is 5.97 Å². The van der Waals surface area contributed by atoms with Gasteiger partial charge in [0.05, 0.1) is 0 Å². The van der Waals surface area contributed by atoms with Gasteiger partial charge in [0.15, 0.2) is 0 Å². The molecule has 1 saturated heterocycles. The summed E-state index contributed by atoms with van der Waals surface area (Å²) >= 11 is 0. The van der Waals surface area contributed by atoms with E-state index in [0.717, 1.165) is 45.2 Å². The van der Waals surface area contributed by atoms with Crippen LogP contribution in [-0.4, -0.2) is 47.6 Å². The van der Waals surface area contributed by atoms with Gasteiger partial charge in [0.2, 0.25) is 5.91 Å². The van der Waals surface area contributed by atoms with Gasteiger partial charge in [-0.05, 0) is 50.6 Å². The van der Waals surface area contributed by atoms with Gasteiger partial charge in [0.25, 0.3) is 0 Å². The maximum atomic E-state index is 12.4. The number of carboxylic acid groups (broad SMARTS) is 1. The number of carbonyl (C=O) groups is 2. The molecule has 1 unspecified atom stereocenters. The van der Waals surface area contributed by atoms with E-state index in [-0.39, 0.29) is 29.8 Å². The van der Waals surface area contributed by atoms with E-state index >= 15 is 0 Å². The summed E-state index contributed by atoms with van der Waals surface area (Å²) in [5, 5.41) is 12.2. The smallest absolute Gasteiger partial charge is 0.323 e. The Morgan fingerprint density at radius 3 is 2.50 bits per heavy atom. The van der Waals surface area contributed by atoms with Crippen molar-refractivity contribution >= 4 is 11.9 Å². The normalized spacial score (nSPS) is 29.0. The summed E-state index contributed by atoms with van der Waals surface area (Å²) in [7, 11) is 0. The van der Waals surface area contributed by atoms with E-state index < -0.39 is 5.97 Å². The number of nitrogens with one attached hydrogen (secondary N) is 1. The second kappa shape index (κ2) is 4.23. The Morgan fingerprint density at radius 1 is 1.28 bits per heavy atom. The zero-order valence-corrected chi connectivity index (χ0v) is 10.5. The van der Waals surface area contributed by atoms with Crippen LogP contribution in [0.3, 0.4) is 0 Å². The van der Waals surface area contributed by atoms with Crippen LogP contribution in [0.1, 0.15) is 32.1 Å². The fourth-order valence-corrected chi connectivity index (χ4v) is 3.29. The van der Waals surface area contributed by atoms with Crippen LogP contribution in [-0.2, 0) is 9.59 Å². The molecule has 1 heterocycles. The van der Waals surface area contributed by atoms with Gasteiger partial charge in [-0.25, -0.2) is 0 Å². The molecule has 0 aromatic rings. The quantitative estimate of drug-likeness (QED) is 0.762. The first-order chi connectivity index (χ1) is 8.62. The van der Waals surface area contributed by atoms with Gasteiger partial charge in [0.1, 0.15) is 6.54 Å². The Balaban J connectivity index is 1.64. The Kier molecular flexibility index (Phi) is 2.81. The average molecular weight is 252 g/mol. The predicted octanol–water partition coefficient (Wildman–Crippen LogP) is 0.452. The van der Waals surface area contributed by atoms with Crippen LogP contribution < -0.4 is 5.32 Å². The van der Waals surface area contributed by atoms with E-state index in [2.05, 4.69) is 5.32 Å². The maximum Gasteiger partial charge on any atom is 0.323 e. The van der Waals surface area contributed by atoms with Crippen molar-refractivity contribution in [3.63, 3.8) is 0 Å². The van der Waals surface area contributed by atoms with Crippen molar-refractivity contribution in [1.29, 1.82) is 0 Å². The van der Waals surface area contributed by atoms with Crippen LogP contribution in [0, 0.1) is 11.3 Å². The highest BCUT2D eigenvalue weighted by Crippen LogP contribution is 2.59. The molecule has 2 saturated carbocycles. The lowest BCUT2D eigenvalue weighted by molar-refractivity contribution is -0.146. The van der Waals surface area contributed by atoms with Crippen LogP contribution in [0.15, 0.2) is 0 Å². The number of hydrogen-bond acceptors (Lipinski definition) is 3. The summed E-state index contributed by atoms with van der Waals surface area (Å²) in [6, 6.07) is 0.202. The van der Waals surface area contributed by atoms with Crippen LogP contribution in [0.25, 0.3) is 0 Å². The number of hydrogen-bond donors (Lipinski definition) is 2. The number of nitrogens with zero attached hydrogens (tertiary/aromatic N) is 1. The third-order valence-electron chi connectivity index (χ3n) is 4.66. The Morgan fingerprint density at radius 2 is 1.94 bits per heavy atom. The lowest BCUT2D eigenvalue weighted by Gasteiger charge is -2.26. The van der Waals surface area contributed by atoms with Crippen LogP contribution in [0.2, 0.25) is 0 Å². The zero-order chi connectivity index (χ0) is 12.8. The summed E-state index contributed by atoms with van der Waals surface area (Å²) in [5.41, 5.74) is 0.202. The van der Waals surface area contributed by atoms with E-state index in [0.29, 0.717) is 0 Å². The largest absolute Gasteiger partial charge is 0.480 e. The van der Waals surface area contributed by atoms with Gasteiger partial charge in [-0.3, -0.25) is 9.59 Å². The molecule has 100 valence electrons. The SMILES string of the molecule is O=C(O)CN(C(=O)C1CC12CCNCC2)C1CC1. The van der Waals surface area contributed by atoms with E-state index in [9.17, 15) is 9.59 Å². The molecule has 3 rings (SSSR count). The topological polar surface area (TPSA) is 69.6 Å². The molecule has 2 N–H and O–H groups in total. The molecule has 3 aliphatic rings. The molecule has 2 aliphatic carbocycles. The first kappa shape index (κ1) is 12.0. The number of aliphatic carboxylic acids is 1. The maximum absolute atomic E-state index is 12.4. The van der Waals surface area contributed by atoms with Crippen LogP contribution in [0.5, 0.6) is 0 Å². The number of amides is 1. The highest BCUT2D eigenvalue weighted by atomic mass is 16.4. The highest BCUT2D eigenvalue weighted by Gasteiger charge is 2.59. The molecule has 5 nitrogen and oxygen atoms in total. The molecule has 1 aliphatic heterocycles. The highest BCUT2D eigenvalue weighted by molar-refractivity contribution is 5.86. The summed E-state index contributed by atoms with van der Waals surface area (Å²) in [5.74, 6) is -0.698. The minimum Gasteiger partial charge on any atom is -0.480 e. The van der Waals surface area contributed by atoms with Gasteiger partial charge in [-0.2, -0.15) is 0 Å². The Bertz CT molecular complexity index is 372. The summed E-state index contributed by atoms with van der Waals surface area (Å²) in [4.78, 5) is 24.9. The lowest BCUT2D eigenvalue weighted by atomic mass is 9.91. The van der Waals surface area contributed by atoms with Crippen LogP contribution in [0.4, 0.5) is 0 Å². The fraction of sp³-hybridized carbons (Fsp3) is 0.846. The molecule has 0 aromatic carbocycles. The first-order valence-corrected chi connectivity index (χ1v) is 6.85.